The lowest BCUT2D eigenvalue weighted by atomic mass is 9.98. The molecule has 0 unspecified atom stereocenters. The van der Waals surface area contributed by atoms with Crippen molar-refractivity contribution in [2.45, 2.75) is 12.4 Å². The lowest BCUT2D eigenvalue weighted by molar-refractivity contribution is -0.141. The quantitative estimate of drug-likeness (QED) is 0.574. The molecule has 0 aliphatic heterocycles. The third-order valence-electron chi connectivity index (χ3n) is 3.42. The van der Waals surface area contributed by atoms with Crippen molar-refractivity contribution in [3.8, 4) is 11.3 Å². The minimum absolute atomic E-state index is 0.196. The first kappa shape index (κ1) is 20.9. The van der Waals surface area contributed by atoms with Gasteiger partial charge in [-0.3, -0.25) is 0 Å². The van der Waals surface area contributed by atoms with Crippen LogP contribution in [0, 0.1) is 0 Å². The second kappa shape index (κ2) is 7.33. The van der Waals surface area contributed by atoms with E-state index in [0.29, 0.717) is 24.3 Å². The zero-order chi connectivity index (χ0) is 21.3. The van der Waals surface area contributed by atoms with E-state index in [1.807, 2.05) is 0 Å². The molecule has 0 fully saturated rings. The molecule has 2 rings (SSSR count). The van der Waals surface area contributed by atoms with Gasteiger partial charge in [0.05, 0.1) is 16.8 Å². The minimum atomic E-state index is -5.06. The molecular formula is C17H9F6NO4. The van der Waals surface area contributed by atoms with Crippen LogP contribution in [-0.2, 0) is 17.1 Å². The van der Waals surface area contributed by atoms with Crippen LogP contribution >= 0.6 is 0 Å². The van der Waals surface area contributed by atoms with Gasteiger partial charge in [0.1, 0.15) is 5.69 Å². The molecule has 0 saturated heterocycles. The van der Waals surface area contributed by atoms with E-state index < -0.39 is 52.4 Å². The molecule has 2 aromatic rings. The summed E-state index contributed by atoms with van der Waals surface area (Å²) in [5.41, 5.74) is -5.11. The average molecular weight is 405 g/mol. The van der Waals surface area contributed by atoms with Crippen LogP contribution in [0.1, 0.15) is 27.2 Å². The molecule has 1 aromatic heterocycles. The molecule has 5 nitrogen and oxygen atoms in total. The maximum absolute atomic E-state index is 13.0. The highest BCUT2D eigenvalue weighted by Gasteiger charge is 2.35. The molecule has 0 saturated carbocycles. The monoisotopic (exact) mass is 405 g/mol. The molecule has 0 bridgehead atoms. The second-order valence-electron chi connectivity index (χ2n) is 5.40. The fourth-order valence-corrected chi connectivity index (χ4v) is 2.20. The number of benzene rings is 1. The first-order valence-electron chi connectivity index (χ1n) is 7.24. The Morgan fingerprint density at radius 3 is 2.07 bits per heavy atom. The van der Waals surface area contributed by atoms with Gasteiger partial charge in [0.15, 0.2) is 0 Å². The van der Waals surface area contributed by atoms with Gasteiger partial charge in [-0.1, -0.05) is 6.07 Å². The van der Waals surface area contributed by atoms with Gasteiger partial charge < -0.3 is 10.2 Å². The van der Waals surface area contributed by atoms with Crippen molar-refractivity contribution in [3.63, 3.8) is 0 Å². The van der Waals surface area contributed by atoms with Crippen LogP contribution in [0.3, 0.4) is 0 Å². The summed E-state index contributed by atoms with van der Waals surface area (Å²) < 4.78 is 78.1. The van der Waals surface area contributed by atoms with E-state index >= 15 is 0 Å². The van der Waals surface area contributed by atoms with Gasteiger partial charge in [-0.05, 0) is 35.9 Å². The summed E-state index contributed by atoms with van der Waals surface area (Å²) in [6.07, 6.45) is -8.47. The van der Waals surface area contributed by atoms with E-state index in [0.717, 1.165) is 12.1 Å². The van der Waals surface area contributed by atoms with Crippen LogP contribution in [0.25, 0.3) is 17.3 Å². The smallest absolute Gasteiger partial charge is 0.433 e. The summed E-state index contributed by atoms with van der Waals surface area (Å²) in [6, 6.07) is 2.84. The Bertz CT molecular complexity index is 963. The Labute approximate surface area is 152 Å². The predicted octanol–water partition coefficient (Wildman–Crippen LogP) is 4.58. The SMILES string of the molecule is O=C(O)/C=C/c1ccc(C(F)(F)F)cc1-c1cc(C(=O)O)cc(C(F)(F)F)n1. The molecule has 28 heavy (non-hydrogen) atoms. The number of halogens is 6. The van der Waals surface area contributed by atoms with Gasteiger partial charge in [0, 0.05) is 11.6 Å². The Kier molecular flexibility index (Phi) is 5.48. The van der Waals surface area contributed by atoms with Gasteiger partial charge in [0.2, 0.25) is 0 Å². The lowest BCUT2D eigenvalue weighted by Gasteiger charge is -2.14. The highest BCUT2D eigenvalue weighted by atomic mass is 19.4. The van der Waals surface area contributed by atoms with Gasteiger partial charge in [-0.2, -0.15) is 26.3 Å². The zero-order valence-corrected chi connectivity index (χ0v) is 13.5. The number of carbonyl (C=O) groups is 2. The normalized spacial score (nSPS) is 12.4. The van der Waals surface area contributed by atoms with Gasteiger partial charge in [-0.15, -0.1) is 0 Å². The zero-order valence-electron chi connectivity index (χ0n) is 13.5. The molecule has 0 spiro atoms. The fraction of sp³-hybridized carbons (Fsp3) is 0.118. The highest BCUT2D eigenvalue weighted by Crippen LogP contribution is 2.36. The number of hydrogen-bond acceptors (Lipinski definition) is 3. The van der Waals surface area contributed by atoms with Crippen LogP contribution in [-0.4, -0.2) is 27.1 Å². The molecule has 0 aliphatic carbocycles. The number of aromatic carboxylic acids is 1. The number of aromatic nitrogens is 1. The summed E-state index contributed by atoms with van der Waals surface area (Å²) in [5, 5.41) is 17.7. The number of alkyl halides is 6. The number of carboxylic acid groups (broad SMARTS) is 2. The largest absolute Gasteiger partial charge is 0.478 e. The Hall–Kier alpha value is -3.37. The summed E-state index contributed by atoms with van der Waals surface area (Å²) in [7, 11) is 0. The summed E-state index contributed by atoms with van der Waals surface area (Å²) in [4.78, 5) is 25.0. The molecule has 148 valence electrons. The number of nitrogens with zero attached hydrogens (tertiary/aromatic N) is 1. The van der Waals surface area contributed by atoms with E-state index in [9.17, 15) is 35.9 Å². The van der Waals surface area contributed by atoms with E-state index in [1.54, 1.807) is 0 Å². The van der Waals surface area contributed by atoms with Gasteiger partial charge >= 0.3 is 24.3 Å². The molecule has 11 heteroatoms. The minimum Gasteiger partial charge on any atom is -0.478 e. The van der Waals surface area contributed by atoms with Crippen molar-refractivity contribution < 1.29 is 46.1 Å². The molecule has 1 aromatic carbocycles. The van der Waals surface area contributed by atoms with Crippen molar-refractivity contribution in [3.05, 3.63) is 58.8 Å². The summed E-state index contributed by atoms with van der Waals surface area (Å²) in [6.45, 7) is 0. The number of pyridine rings is 1. The maximum Gasteiger partial charge on any atom is 0.433 e. The molecule has 0 aliphatic rings. The van der Waals surface area contributed by atoms with Crippen LogP contribution < -0.4 is 0 Å². The van der Waals surface area contributed by atoms with Crippen LogP contribution in [0.5, 0.6) is 0 Å². The standard InChI is InChI=1S/C17H9F6NO4/c18-16(19,20)10-3-1-8(2-4-14(25)26)11(7-10)12-5-9(15(27)28)6-13(24-12)17(21,22)23/h1-7H,(H,25,26)(H,27,28)/b4-2+. The van der Waals surface area contributed by atoms with Crippen molar-refractivity contribution in [1.29, 1.82) is 0 Å². The van der Waals surface area contributed by atoms with Gasteiger partial charge in [-0.25, -0.2) is 14.6 Å². The van der Waals surface area contributed by atoms with Gasteiger partial charge in [0.25, 0.3) is 0 Å². The molecule has 0 atom stereocenters. The number of hydrogen-bond donors (Lipinski definition) is 2. The van der Waals surface area contributed by atoms with Crippen molar-refractivity contribution in [1.82, 2.24) is 4.98 Å². The third-order valence-corrected chi connectivity index (χ3v) is 3.42. The first-order chi connectivity index (χ1) is 12.8. The first-order valence-corrected chi connectivity index (χ1v) is 7.24. The van der Waals surface area contributed by atoms with Crippen LogP contribution in [0.15, 0.2) is 36.4 Å². The highest BCUT2D eigenvalue weighted by molar-refractivity contribution is 5.91. The number of rotatable bonds is 4. The van der Waals surface area contributed by atoms with E-state index in [2.05, 4.69) is 4.98 Å². The predicted molar refractivity (Wildman–Crippen MR) is 83.3 cm³/mol. The van der Waals surface area contributed by atoms with E-state index in [-0.39, 0.29) is 11.6 Å². The van der Waals surface area contributed by atoms with E-state index in [1.165, 1.54) is 0 Å². The van der Waals surface area contributed by atoms with Crippen LogP contribution in [0.2, 0.25) is 0 Å². The molecule has 0 amide bonds. The van der Waals surface area contributed by atoms with E-state index in [4.69, 9.17) is 10.2 Å². The Balaban J connectivity index is 2.81. The van der Waals surface area contributed by atoms with Crippen molar-refractivity contribution >= 4 is 18.0 Å². The fourth-order valence-electron chi connectivity index (χ4n) is 2.20. The van der Waals surface area contributed by atoms with Crippen LogP contribution in [0.4, 0.5) is 26.3 Å². The Morgan fingerprint density at radius 2 is 1.57 bits per heavy atom. The second-order valence-corrected chi connectivity index (χ2v) is 5.40. The lowest BCUT2D eigenvalue weighted by Crippen LogP contribution is -2.12. The number of aliphatic carboxylic acids is 1. The molecule has 1 heterocycles. The van der Waals surface area contributed by atoms with Crippen molar-refractivity contribution in [2.75, 3.05) is 0 Å². The summed E-state index contributed by atoms with van der Waals surface area (Å²) >= 11 is 0. The molecule has 0 radical (unpaired) electrons. The number of carboxylic acids is 2. The topological polar surface area (TPSA) is 87.5 Å². The Morgan fingerprint density at radius 1 is 0.929 bits per heavy atom. The molecule has 2 N–H and O–H groups in total. The third kappa shape index (κ3) is 4.87. The summed E-state index contributed by atoms with van der Waals surface area (Å²) in [5.74, 6) is -3.20. The maximum atomic E-state index is 13.0. The molecular weight excluding hydrogens is 396 g/mol. The average Bonchev–Trinajstić information content (AvgIpc) is 2.57. The van der Waals surface area contributed by atoms with Crippen molar-refractivity contribution in [2.24, 2.45) is 0 Å².